The number of likely N-dealkylation sites (tertiary alicyclic amines) is 1. The Hall–Kier alpha value is -2.29. The maximum atomic E-state index is 12.5. The van der Waals surface area contributed by atoms with Crippen molar-refractivity contribution in [2.45, 2.75) is 43.9 Å². The highest BCUT2D eigenvalue weighted by Crippen LogP contribution is 2.21. The lowest BCUT2D eigenvalue weighted by atomic mass is 9.93. The average molecular weight is 400 g/mol. The summed E-state index contributed by atoms with van der Waals surface area (Å²) in [6, 6.07) is 16.0. The molecule has 1 heterocycles. The number of β-amino-alcohol motifs (C(OH)–C–C–N with tert-alkyl or cyclic N) is 1. The smallest absolute Gasteiger partial charge is 0.251 e. The number of aliphatic hydroxyl groups excluding tert-OH is 4. The predicted molar refractivity (Wildman–Crippen MR) is 108 cm³/mol. The molecule has 0 unspecified atom stereocenters. The van der Waals surface area contributed by atoms with Crippen molar-refractivity contribution in [2.24, 2.45) is 0 Å². The van der Waals surface area contributed by atoms with E-state index < -0.39 is 24.4 Å². The standard InChI is InChI=1S/C22H28N2O5/c1-14(16-5-3-2-4-6-16)23-22(29)17-9-7-15(8-10-17)11-24-12-19(26)21(28)20(27)18(24)13-25/h2-10,14,18-21,25-28H,11-13H2,1H3,(H,23,29)/t14-,18+,19+,20+,21-/m1/s1. The van der Waals surface area contributed by atoms with Crippen molar-refractivity contribution < 1.29 is 25.2 Å². The number of carbonyl (C=O) groups is 1. The molecule has 3 rings (SSSR count). The van der Waals surface area contributed by atoms with Gasteiger partial charge in [-0.3, -0.25) is 9.69 Å². The Morgan fingerprint density at radius 1 is 1.07 bits per heavy atom. The summed E-state index contributed by atoms with van der Waals surface area (Å²) in [6.07, 6.45) is -3.59. The number of benzene rings is 2. The SMILES string of the molecule is C[C@@H](NC(=O)c1ccc(CN2C[C@H](O)[C@@H](O)[C@@H](O)[C@@H]2CO)cc1)c1ccccc1. The molecule has 1 saturated heterocycles. The van der Waals surface area contributed by atoms with Crippen molar-refractivity contribution in [1.82, 2.24) is 10.2 Å². The Balaban J connectivity index is 1.63. The fourth-order valence-electron chi connectivity index (χ4n) is 3.66. The van der Waals surface area contributed by atoms with Crippen molar-refractivity contribution >= 4 is 5.91 Å². The zero-order valence-corrected chi connectivity index (χ0v) is 16.3. The fraction of sp³-hybridized carbons (Fsp3) is 0.409. The van der Waals surface area contributed by atoms with Crippen molar-refractivity contribution in [1.29, 1.82) is 0 Å². The summed E-state index contributed by atoms with van der Waals surface area (Å²) >= 11 is 0. The van der Waals surface area contributed by atoms with Crippen molar-refractivity contribution in [3.8, 4) is 0 Å². The van der Waals surface area contributed by atoms with Gasteiger partial charge < -0.3 is 25.7 Å². The molecule has 156 valence electrons. The molecular weight excluding hydrogens is 372 g/mol. The minimum absolute atomic E-state index is 0.114. The lowest BCUT2D eigenvalue weighted by Crippen LogP contribution is -2.62. The molecule has 0 radical (unpaired) electrons. The molecule has 5 N–H and O–H groups in total. The van der Waals surface area contributed by atoms with Gasteiger partial charge in [0.1, 0.15) is 12.2 Å². The van der Waals surface area contributed by atoms with Crippen LogP contribution in [0.3, 0.4) is 0 Å². The van der Waals surface area contributed by atoms with E-state index in [1.165, 1.54) is 0 Å². The van der Waals surface area contributed by atoms with Crippen LogP contribution >= 0.6 is 0 Å². The summed E-state index contributed by atoms with van der Waals surface area (Å²) < 4.78 is 0. The van der Waals surface area contributed by atoms with Crippen LogP contribution in [0.15, 0.2) is 54.6 Å². The molecule has 2 aromatic rings. The third-order valence-electron chi connectivity index (χ3n) is 5.46. The van der Waals surface area contributed by atoms with E-state index >= 15 is 0 Å². The molecule has 0 spiro atoms. The Labute approximate surface area is 170 Å². The van der Waals surface area contributed by atoms with E-state index in [2.05, 4.69) is 5.32 Å². The number of aliphatic hydroxyl groups is 4. The molecule has 7 heteroatoms. The molecule has 2 aromatic carbocycles. The van der Waals surface area contributed by atoms with Crippen LogP contribution in [0.1, 0.15) is 34.5 Å². The van der Waals surface area contributed by atoms with Crippen LogP contribution in [0.25, 0.3) is 0 Å². The summed E-state index contributed by atoms with van der Waals surface area (Å²) in [7, 11) is 0. The Morgan fingerprint density at radius 3 is 2.34 bits per heavy atom. The van der Waals surface area contributed by atoms with Gasteiger partial charge in [0.05, 0.1) is 24.8 Å². The van der Waals surface area contributed by atoms with Gasteiger partial charge in [0.25, 0.3) is 5.91 Å². The lowest BCUT2D eigenvalue weighted by Gasteiger charge is -2.43. The molecule has 0 aliphatic carbocycles. The van der Waals surface area contributed by atoms with Gasteiger partial charge in [-0.05, 0) is 30.2 Å². The third-order valence-corrected chi connectivity index (χ3v) is 5.46. The van der Waals surface area contributed by atoms with E-state index in [0.717, 1.165) is 11.1 Å². The van der Waals surface area contributed by atoms with E-state index in [9.17, 15) is 25.2 Å². The number of rotatable bonds is 6. The van der Waals surface area contributed by atoms with Gasteiger partial charge in [-0.15, -0.1) is 0 Å². The molecule has 1 fully saturated rings. The van der Waals surface area contributed by atoms with Gasteiger partial charge in [0.15, 0.2) is 0 Å². The van der Waals surface area contributed by atoms with Gasteiger partial charge >= 0.3 is 0 Å². The van der Waals surface area contributed by atoms with Crippen molar-refractivity contribution in [3.63, 3.8) is 0 Å². The number of nitrogens with one attached hydrogen (secondary N) is 1. The number of hydrogen-bond donors (Lipinski definition) is 5. The highest BCUT2D eigenvalue weighted by atomic mass is 16.4. The highest BCUT2D eigenvalue weighted by Gasteiger charge is 2.40. The van der Waals surface area contributed by atoms with Crippen LogP contribution in [0.4, 0.5) is 0 Å². The summed E-state index contributed by atoms with van der Waals surface area (Å²) in [5, 5.41) is 42.3. The minimum atomic E-state index is -1.28. The average Bonchev–Trinajstić information content (AvgIpc) is 2.73. The zero-order valence-electron chi connectivity index (χ0n) is 16.3. The van der Waals surface area contributed by atoms with E-state index in [1.807, 2.05) is 37.3 Å². The van der Waals surface area contributed by atoms with Crippen LogP contribution in [0.5, 0.6) is 0 Å². The Morgan fingerprint density at radius 2 is 1.72 bits per heavy atom. The van der Waals surface area contributed by atoms with Crippen LogP contribution < -0.4 is 5.32 Å². The maximum Gasteiger partial charge on any atom is 0.251 e. The molecule has 1 aliphatic heterocycles. The zero-order chi connectivity index (χ0) is 21.0. The Bertz CT molecular complexity index is 799. The number of nitrogens with zero attached hydrogens (tertiary/aromatic N) is 1. The number of carbonyl (C=O) groups excluding carboxylic acids is 1. The first-order valence-corrected chi connectivity index (χ1v) is 9.74. The summed E-state index contributed by atoms with van der Waals surface area (Å²) in [5.41, 5.74) is 2.42. The van der Waals surface area contributed by atoms with E-state index in [0.29, 0.717) is 12.1 Å². The van der Waals surface area contributed by atoms with Crippen molar-refractivity contribution in [2.75, 3.05) is 13.2 Å². The summed E-state index contributed by atoms with van der Waals surface area (Å²) in [6.45, 7) is 2.11. The highest BCUT2D eigenvalue weighted by molar-refractivity contribution is 5.94. The topological polar surface area (TPSA) is 113 Å². The summed E-state index contributed by atoms with van der Waals surface area (Å²) in [5.74, 6) is -0.173. The van der Waals surface area contributed by atoms with Gasteiger partial charge in [0.2, 0.25) is 0 Å². The first-order valence-electron chi connectivity index (χ1n) is 9.74. The molecule has 29 heavy (non-hydrogen) atoms. The van der Waals surface area contributed by atoms with E-state index in [4.69, 9.17) is 0 Å². The first kappa shape index (κ1) is 21.4. The third kappa shape index (κ3) is 5.01. The quantitative estimate of drug-likeness (QED) is 0.481. The molecular formula is C22H28N2O5. The molecule has 1 amide bonds. The van der Waals surface area contributed by atoms with Crippen molar-refractivity contribution in [3.05, 3.63) is 71.3 Å². The maximum absolute atomic E-state index is 12.5. The number of hydrogen-bond acceptors (Lipinski definition) is 6. The molecule has 7 nitrogen and oxygen atoms in total. The van der Waals surface area contributed by atoms with Crippen LogP contribution in [-0.4, -0.2) is 68.7 Å². The van der Waals surface area contributed by atoms with Gasteiger partial charge in [-0.2, -0.15) is 0 Å². The van der Waals surface area contributed by atoms with E-state index in [-0.39, 0.29) is 25.1 Å². The van der Waals surface area contributed by atoms with Gasteiger partial charge in [-0.25, -0.2) is 0 Å². The van der Waals surface area contributed by atoms with Gasteiger partial charge in [0, 0.05) is 18.7 Å². The van der Waals surface area contributed by atoms with Crippen LogP contribution in [0.2, 0.25) is 0 Å². The predicted octanol–water partition coefficient (Wildman–Crippen LogP) is 0.437. The Kier molecular flexibility index (Phi) is 7.00. The molecule has 0 bridgehead atoms. The van der Waals surface area contributed by atoms with Crippen LogP contribution in [0, 0.1) is 0 Å². The first-order chi connectivity index (χ1) is 13.9. The minimum Gasteiger partial charge on any atom is -0.395 e. The summed E-state index contributed by atoms with van der Waals surface area (Å²) in [4.78, 5) is 14.2. The molecule has 5 atom stereocenters. The second kappa shape index (κ2) is 9.47. The largest absolute Gasteiger partial charge is 0.395 e. The fourth-order valence-corrected chi connectivity index (χ4v) is 3.66. The monoisotopic (exact) mass is 400 g/mol. The lowest BCUT2D eigenvalue weighted by molar-refractivity contribution is -0.147. The van der Waals surface area contributed by atoms with Gasteiger partial charge in [-0.1, -0.05) is 42.5 Å². The number of amides is 1. The second-order valence-electron chi connectivity index (χ2n) is 7.53. The second-order valence-corrected chi connectivity index (χ2v) is 7.53. The molecule has 0 saturated carbocycles. The molecule has 1 aliphatic rings. The van der Waals surface area contributed by atoms with E-state index in [1.54, 1.807) is 29.2 Å². The molecule has 0 aromatic heterocycles. The normalized spacial score (nSPS) is 26.1. The number of piperidine rings is 1. The van der Waals surface area contributed by atoms with Crippen LogP contribution in [-0.2, 0) is 6.54 Å².